The Bertz CT molecular complexity index is 536. The first-order valence-electron chi connectivity index (χ1n) is 6.55. The van der Waals surface area contributed by atoms with Gasteiger partial charge < -0.3 is 4.74 Å². The lowest BCUT2D eigenvalue weighted by Gasteiger charge is -2.18. The molecule has 1 atom stereocenters. The lowest BCUT2D eigenvalue weighted by Crippen LogP contribution is -2.28. The second kappa shape index (κ2) is 6.77. The van der Waals surface area contributed by atoms with Gasteiger partial charge in [-0.1, -0.05) is 12.1 Å². The Balaban J connectivity index is 1.91. The second-order valence-electron chi connectivity index (χ2n) is 4.98. The van der Waals surface area contributed by atoms with Crippen molar-refractivity contribution in [2.24, 2.45) is 7.05 Å². The Kier molecular flexibility index (Phi) is 5.04. The van der Waals surface area contributed by atoms with Gasteiger partial charge in [-0.3, -0.25) is 9.58 Å². The zero-order chi connectivity index (χ0) is 14.5. The van der Waals surface area contributed by atoms with E-state index in [0.29, 0.717) is 6.61 Å². The molecule has 0 aliphatic carbocycles. The van der Waals surface area contributed by atoms with Crippen LogP contribution in [0.5, 0.6) is 5.75 Å². The van der Waals surface area contributed by atoms with Gasteiger partial charge in [0.1, 0.15) is 17.9 Å². The standard InChI is InChI=1S/C15H20ClN3O/c1-18(2)15(16)11-20-14-6-4-12(5-7-14)10-13-8-9-17-19(13)3/h4-9,15H,10-11H2,1-3H3. The Morgan fingerprint density at radius 3 is 2.50 bits per heavy atom. The van der Waals surface area contributed by atoms with Crippen molar-refractivity contribution in [2.75, 3.05) is 20.7 Å². The van der Waals surface area contributed by atoms with E-state index in [1.165, 1.54) is 11.3 Å². The third kappa shape index (κ3) is 3.99. The maximum atomic E-state index is 6.10. The van der Waals surface area contributed by atoms with Crippen LogP contribution in [0.3, 0.4) is 0 Å². The van der Waals surface area contributed by atoms with Crippen molar-refractivity contribution in [3.8, 4) is 5.75 Å². The number of aryl methyl sites for hydroxylation is 1. The topological polar surface area (TPSA) is 30.3 Å². The Hall–Kier alpha value is -1.52. The zero-order valence-electron chi connectivity index (χ0n) is 12.1. The molecule has 0 bridgehead atoms. The molecule has 1 unspecified atom stereocenters. The van der Waals surface area contributed by atoms with E-state index in [1.807, 2.05) is 55.1 Å². The Morgan fingerprint density at radius 1 is 1.25 bits per heavy atom. The highest BCUT2D eigenvalue weighted by Gasteiger charge is 2.07. The number of alkyl halides is 1. The van der Waals surface area contributed by atoms with Crippen LogP contribution in [0, 0.1) is 0 Å². The number of nitrogens with zero attached hydrogens (tertiary/aromatic N) is 3. The van der Waals surface area contributed by atoms with Crippen LogP contribution in [0.1, 0.15) is 11.3 Å². The van der Waals surface area contributed by atoms with E-state index >= 15 is 0 Å². The summed E-state index contributed by atoms with van der Waals surface area (Å²) in [5, 5.41) is 4.17. The molecule has 0 saturated heterocycles. The van der Waals surface area contributed by atoms with Crippen LogP contribution in [0.4, 0.5) is 0 Å². The van der Waals surface area contributed by atoms with Crippen molar-refractivity contribution < 1.29 is 4.74 Å². The fourth-order valence-electron chi connectivity index (χ4n) is 1.80. The molecule has 1 aromatic heterocycles. The van der Waals surface area contributed by atoms with Gasteiger partial charge in [0, 0.05) is 25.4 Å². The van der Waals surface area contributed by atoms with E-state index in [1.54, 1.807) is 0 Å². The van der Waals surface area contributed by atoms with Gasteiger partial charge in [-0.05, 0) is 37.9 Å². The van der Waals surface area contributed by atoms with Gasteiger partial charge in [-0.25, -0.2) is 0 Å². The lowest BCUT2D eigenvalue weighted by atomic mass is 10.1. The maximum Gasteiger partial charge on any atom is 0.119 e. The first-order valence-corrected chi connectivity index (χ1v) is 6.99. The van der Waals surface area contributed by atoms with E-state index in [9.17, 15) is 0 Å². The van der Waals surface area contributed by atoms with Gasteiger partial charge in [-0.2, -0.15) is 5.10 Å². The normalized spacial score (nSPS) is 12.7. The fourth-order valence-corrected chi connectivity index (χ4v) is 1.86. The van der Waals surface area contributed by atoms with E-state index in [4.69, 9.17) is 16.3 Å². The largest absolute Gasteiger partial charge is 0.491 e. The van der Waals surface area contributed by atoms with Crippen LogP contribution >= 0.6 is 11.6 Å². The first kappa shape index (κ1) is 14.9. The third-order valence-electron chi connectivity index (χ3n) is 3.18. The average molecular weight is 294 g/mol. The second-order valence-corrected chi connectivity index (χ2v) is 5.48. The Morgan fingerprint density at radius 2 is 1.95 bits per heavy atom. The number of benzene rings is 1. The van der Waals surface area contributed by atoms with Crippen molar-refractivity contribution in [3.05, 3.63) is 47.8 Å². The summed E-state index contributed by atoms with van der Waals surface area (Å²) in [6, 6.07) is 10.1. The van der Waals surface area contributed by atoms with Gasteiger partial charge in [0.05, 0.1) is 0 Å². The Labute approximate surface area is 124 Å². The number of rotatable bonds is 6. The number of hydrogen-bond donors (Lipinski definition) is 0. The fraction of sp³-hybridized carbons (Fsp3) is 0.400. The SMILES string of the molecule is CN(C)C(Cl)COc1ccc(Cc2ccnn2C)cc1. The van der Waals surface area contributed by atoms with Gasteiger partial charge in [0.25, 0.3) is 0 Å². The predicted molar refractivity (Wildman–Crippen MR) is 81.3 cm³/mol. The average Bonchev–Trinajstić information content (AvgIpc) is 2.83. The summed E-state index contributed by atoms with van der Waals surface area (Å²) in [5.41, 5.74) is 2.30. The molecule has 1 aromatic carbocycles. The minimum Gasteiger partial charge on any atom is -0.491 e. The molecule has 0 saturated carbocycles. The molecule has 2 rings (SSSR count). The number of likely N-dealkylation sites (N-methyl/N-ethyl adjacent to an activating group) is 1. The molecule has 108 valence electrons. The summed E-state index contributed by atoms with van der Waals surface area (Å²) in [6.45, 7) is 0.468. The van der Waals surface area contributed by atoms with E-state index < -0.39 is 0 Å². The summed E-state index contributed by atoms with van der Waals surface area (Å²) < 4.78 is 7.54. The van der Waals surface area contributed by atoms with Crippen molar-refractivity contribution >= 4 is 11.6 Å². The summed E-state index contributed by atoms with van der Waals surface area (Å²) in [6.07, 6.45) is 2.68. The van der Waals surface area contributed by atoms with E-state index in [-0.39, 0.29) is 5.50 Å². The number of halogens is 1. The minimum atomic E-state index is -0.121. The minimum absolute atomic E-state index is 0.121. The molecule has 0 aliphatic heterocycles. The highest BCUT2D eigenvalue weighted by Crippen LogP contribution is 2.16. The van der Waals surface area contributed by atoms with Crippen molar-refractivity contribution in [1.29, 1.82) is 0 Å². The summed E-state index contributed by atoms with van der Waals surface area (Å²) >= 11 is 6.10. The predicted octanol–water partition coefficient (Wildman–Crippen LogP) is 2.52. The molecule has 2 aromatic rings. The van der Waals surface area contributed by atoms with Crippen LogP contribution < -0.4 is 4.74 Å². The van der Waals surface area contributed by atoms with Gasteiger partial charge in [0.2, 0.25) is 0 Å². The molecule has 4 nitrogen and oxygen atoms in total. The van der Waals surface area contributed by atoms with Crippen LogP contribution in [0.15, 0.2) is 36.5 Å². The molecule has 1 heterocycles. The molecule has 0 spiro atoms. The molecule has 0 radical (unpaired) electrons. The molecule has 20 heavy (non-hydrogen) atoms. The van der Waals surface area contributed by atoms with Crippen LogP contribution in [-0.2, 0) is 13.5 Å². The third-order valence-corrected chi connectivity index (χ3v) is 3.70. The zero-order valence-corrected chi connectivity index (χ0v) is 12.8. The number of hydrogen-bond acceptors (Lipinski definition) is 3. The van der Waals surface area contributed by atoms with Crippen LogP contribution in [-0.4, -0.2) is 40.9 Å². The smallest absolute Gasteiger partial charge is 0.119 e. The highest BCUT2D eigenvalue weighted by molar-refractivity contribution is 6.20. The van der Waals surface area contributed by atoms with E-state index in [2.05, 4.69) is 17.2 Å². The van der Waals surface area contributed by atoms with E-state index in [0.717, 1.165) is 12.2 Å². The highest BCUT2D eigenvalue weighted by atomic mass is 35.5. The molecule has 5 heteroatoms. The quantitative estimate of drug-likeness (QED) is 0.606. The summed E-state index contributed by atoms with van der Waals surface area (Å²) in [5.74, 6) is 0.839. The maximum absolute atomic E-state index is 6.10. The molecule has 0 aliphatic rings. The molecular formula is C15H20ClN3O. The summed E-state index contributed by atoms with van der Waals surface area (Å²) in [7, 11) is 5.81. The molecular weight excluding hydrogens is 274 g/mol. The first-order chi connectivity index (χ1) is 9.56. The molecule has 0 N–H and O–H groups in total. The van der Waals surface area contributed by atoms with Crippen LogP contribution in [0.25, 0.3) is 0 Å². The number of aromatic nitrogens is 2. The van der Waals surface area contributed by atoms with Crippen molar-refractivity contribution in [1.82, 2.24) is 14.7 Å². The van der Waals surface area contributed by atoms with Gasteiger partial charge in [-0.15, -0.1) is 11.6 Å². The van der Waals surface area contributed by atoms with Gasteiger partial charge >= 0.3 is 0 Å². The number of ether oxygens (including phenoxy) is 1. The lowest BCUT2D eigenvalue weighted by molar-refractivity contribution is 0.237. The van der Waals surface area contributed by atoms with Crippen molar-refractivity contribution in [2.45, 2.75) is 11.9 Å². The molecule has 0 amide bonds. The summed E-state index contributed by atoms with van der Waals surface area (Å²) in [4.78, 5) is 1.92. The van der Waals surface area contributed by atoms with Gasteiger partial charge in [0.15, 0.2) is 0 Å². The van der Waals surface area contributed by atoms with Crippen molar-refractivity contribution in [3.63, 3.8) is 0 Å². The monoisotopic (exact) mass is 293 g/mol. The molecule has 0 fully saturated rings. The van der Waals surface area contributed by atoms with Crippen LogP contribution in [0.2, 0.25) is 0 Å².